The summed E-state index contributed by atoms with van der Waals surface area (Å²) in [5.74, 6) is 0. The number of nitrogens with zero attached hydrogens (tertiary/aromatic N) is 3. The third kappa shape index (κ3) is 3.83. The summed E-state index contributed by atoms with van der Waals surface area (Å²) in [6, 6.07) is 17.0. The first-order valence-electron chi connectivity index (χ1n) is 9.20. The Balaban J connectivity index is 1.51. The van der Waals surface area contributed by atoms with Gasteiger partial charge in [-0.2, -0.15) is 0 Å². The zero-order chi connectivity index (χ0) is 17.8. The number of pyridine rings is 2. The van der Waals surface area contributed by atoms with E-state index in [1.54, 1.807) is 0 Å². The van der Waals surface area contributed by atoms with E-state index in [1.165, 1.54) is 42.7 Å². The summed E-state index contributed by atoms with van der Waals surface area (Å²) in [6.07, 6.45) is 10.6. The van der Waals surface area contributed by atoms with Gasteiger partial charge in [-0.05, 0) is 72.9 Å². The molecule has 0 aliphatic carbocycles. The molecule has 3 aromatic rings. The summed E-state index contributed by atoms with van der Waals surface area (Å²) in [5, 5.41) is 0. The Labute approximate surface area is 155 Å². The van der Waals surface area contributed by atoms with Crippen molar-refractivity contribution in [2.45, 2.75) is 19.8 Å². The maximum Gasteiger partial charge on any atom is 0.0892 e. The Morgan fingerprint density at radius 2 is 1.42 bits per heavy atom. The first kappa shape index (κ1) is 16.5. The molecule has 1 aromatic carbocycles. The minimum absolute atomic E-state index is 0.903. The van der Waals surface area contributed by atoms with Crippen LogP contribution in [0.1, 0.15) is 29.5 Å². The van der Waals surface area contributed by atoms with E-state index >= 15 is 0 Å². The molecular formula is C23H23N3. The van der Waals surface area contributed by atoms with Gasteiger partial charge in [-0.25, -0.2) is 0 Å². The molecule has 3 heteroatoms. The Bertz CT molecular complexity index is 907. The molecule has 0 radical (unpaired) electrons. The van der Waals surface area contributed by atoms with E-state index in [0.29, 0.717) is 0 Å². The van der Waals surface area contributed by atoms with Gasteiger partial charge >= 0.3 is 0 Å². The van der Waals surface area contributed by atoms with Gasteiger partial charge in [-0.15, -0.1) is 0 Å². The van der Waals surface area contributed by atoms with Crippen molar-refractivity contribution in [1.29, 1.82) is 0 Å². The highest BCUT2D eigenvalue weighted by Gasteiger charge is 2.11. The average molecular weight is 341 g/mol. The Morgan fingerprint density at radius 3 is 2.15 bits per heavy atom. The van der Waals surface area contributed by atoms with E-state index in [4.69, 9.17) is 0 Å². The van der Waals surface area contributed by atoms with Crippen LogP contribution in [0.2, 0.25) is 0 Å². The normalized spacial score (nSPS) is 14.3. The maximum absolute atomic E-state index is 4.46. The van der Waals surface area contributed by atoms with Crippen molar-refractivity contribution in [3.05, 3.63) is 77.6 Å². The number of anilines is 1. The van der Waals surface area contributed by atoms with Gasteiger partial charge in [0.05, 0.1) is 11.4 Å². The number of hydrogen-bond acceptors (Lipinski definition) is 3. The van der Waals surface area contributed by atoms with E-state index in [-0.39, 0.29) is 0 Å². The van der Waals surface area contributed by atoms with Gasteiger partial charge in [-0.3, -0.25) is 9.97 Å². The summed E-state index contributed by atoms with van der Waals surface area (Å²) in [5.41, 5.74) is 6.67. The van der Waals surface area contributed by atoms with Crippen molar-refractivity contribution >= 4 is 17.8 Å². The smallest absolute Gasteiger partial charge is 0.0892 e. The first-order valence-corrected chi connectivity index (χ1v) is 9.20. The van der Waals surface area contributed by atoms with E-state index in [1.807, 2.05) is 24.5 Å². The van der Waals surface area contributed by atoms with E-state index in [2.05, 4.69) is 70.3 Å². The summed E-state index contributed by atoms with van der Waals surface area (Å²) >= 11 is 0. The van der Waals surface area contributed by atoms with Gasteiger partial charge < -0.3 is 4.90 Å². The Morgan fingerprint density at radius 1 is 0.769 bits per heavy atom. The number of benzene rings is 1. The molecule has 0 N–H and O–H groups in total. The van der Waals surface area contributed by atoms with Crippen molar-refractivity contribution in [2.24, 2.45) is 0 Å². The number of rotatable bonds is 4. The Kier molecular flexibility index (Phi) is 4.78. The molecule has 2 aromatic heterocycles. The summed E-state index contributed by atoms with van der Waals surface area (Å²) in [4.78, 5) is 11.3. The van der Waals surface area contributed by atoms with E-state index in [9.17, 15) is 0 Å². The second kappa shape index (κ2) is 7.52. The van der Waals surface area contributed by atoms with E-state index in [0.717, 1.165) is 17.0 Å². The largest absolute Gasteiger partial charge is 0.372 e. The molecule has 0 bridgehead atoms. The topological polar surface area (TPSA) is 29.0 Å². The predicted octanol–water partition coefficient (Wildman–Crippen LogP) is 5.22. The van der Waals surface area contributed by atoms with Crippen LogP contribution in [0.15, 0.2) is 60.9 Å². The van der Waals surface area contributed by atoms with Crippen LogP contribution in [0.5, 0.6) is 0 Å². The van der Waals surface area contributed by atoms with Gasteiger partial charge in [0.2, 0.25) is 0 Å². The lowest BCUT2D eigenvalue weighted by atomic mass is 10.1. The van der Waals surface area contributed by atoms with Crippen LogP contribution in [0.25, 0.3) is 23.5 Å². The molecule has 0 spiro atoms. The summed E-state index contributed by atoms with van der Waals surface area (Å²) < 4.78 is 0. The molecule has 0 amide bonds. The summed E-state index contributed by atoms with van der Waals surface area (Å²) in [6.45, 7) is 4.44. The van der Waals surface area contributed by atoms with Gasteiger partial charge in [0.1, 0.15) is 0 Å². The quantitative estimate of drug-likeness (QED) is 0.651. The van der Waals surface area contributed by atoms with Gasteiger partial charge in [0, 0.05) is 31.2 Å². The number of aromatic nitrogens is 2. The standard InChI is InChI=1S/C23H23N3/c1-18-10-12-24-22(16-18)23-17-20(11-13-25-23)5-4-19-6-8-21(9-7-19)26-14-2-3-15-26/h4-13,16-17H,2-3,14-15H2,1H3/b5-4+. The third-order valence-electron chi connectivity index (χ3n) is 4.79. The van der Waals surface area contributed by atoms with Crippen LogP contribution >= 0.6 is 0 Å². The van der Waals surface area contributed by atoms with Crippen LogP contribution in [0, 0.1) is 6.92 Å². The van der Waals surface area contributed by atoms with Crippen LogP contribution < -0.4 is 4.90 Å². The highest BCUT2D eigenvalue weighted by atomic mass is 15.1. The lowest BCUT2D eigenvalue weighted by Crippen LogP contribution is -2.17. The van der Waals surface area contributed by atoms with Crippen LogP contribution in [-0.2, 0) is 0 Å². The second-order valence-electron chi connectivity index (χ2n) is 6.81. The molecule has 1 fully saturated rings. The zero-order valence-corrected chi connectivity index (χ0v) is 15.1. The van der Waals surface area contributed by atoms with Crippen molar-refractivity contribution in [3.63, 3.8) is 0 Å². The van der Waals surface area contributed by atoms with Gasteiger partial charge in [0.25, 0.3) is 0 Å². The molecule has 0 saturated carbocycles. The minimum Gasteiger partial charge on any atom is -0.372 e. The fourth-order valence-corrected chi connectivity index (χ4v) is 3.33. The molecule has 0 atom stereocenters. The highest BCUT2D eigenvalue weighted by Crippen LogP contribution is 2.22. The van der Waals surface area contributed by atoms with Gasteiger partial charge in [-0.1, -0.05) is 24.3 Å². The summed E-state index contributed by atoms with van der Waals surface area (Å²) in [7, 11) is 0. The Hall–Kier alpha value is -2.94. The maximum atomic E-state index is 4.46. The molecule has 4 rings (SSSR count). The monoisotopic (exact) mass is 341 g/mol. The van der Waals surface area contributed by atoms with Crippen LogP contribution in [0.3, 0.4) is 0 Å². The van der Waals surface area contributed by atoms with Crippen molar-refractivity contribution < 1.29 is 0 Å². The van der Waals surface area contributed by atoms with Crippen LogP contribution in [0.4, 0.5) is 5.69 Å². The highest BCUT2D eigenvalue weighted by molar-refractivity contribution is 5.72. The molecule has 3 heterocycles. The first-order chi connectivity index (χ1) is 12.8. The minimum atomic E-state index is 0.903. The molecule has 1 aliphatic heterocycles. The number of hydrogen-bond donors (Lipinski definition) is 0. The SMILES string of the molecule is Cc1ccnc(-c2cc(/C=C/c3ccc(N4CCCC4)cc3)ccn2)c1. The second-order valence-corrected chi connectivity index (χ2v) is 6.81. The molecule has 1 saturated heterocycles. The molecular weight excluding hydrogens is 318 g/mol. The molecule has 1 aliphatic rings. The van der Waals surface area contributed by atoms with Gasteiger partial charge in [0.15, 0.2) is 0 Å². The third-order valence-corrected chi connectivity index (χ3v) is 4.79. The number of aryl methyl sites for hydroxylation is 1. The lowest BCUT2D eigenvalue weighted by Gasteiger charge is -2.17. The lowest BCUT2D eigenvalue weighted by molar-refractivity contribution is 0.949. The molecule has 130 valence electrons. The van der Waals surface area contributed by atoms with E-state index < -0.39 is 0 Å². The average Bonchev–Trinajstić information content (AvgIpc) is 3.22. The van der Waals surface area contributed by atoms with Crippen molar-refractivity contribution in [2.75, 3.05) is 18.0 Å². The molecule has 3 nitrogen and oxygen atoms in total. The zero-order valence-electron chi connectivity index (χ0n) is 15.1. The fourth-order valence-electron chi connectivity index (χ4n) is 3.33. The molecule has 26 heavy (non-hydrogen) atoms. The van der Waals surface area contributed by atoms with Crippen molar-refractivity contribution in [1.82, 2.24) is 9.97 Å². The fraction of sp³-hybridized carbons (Fsp3) is 0.217. The van der Waals surface area contributed by atoms with Crippen molar-refractivity contribution in [3.8, 4) is 11.4 Å². The molecule has 0 unspecified atom stereocenters. The predicted molar refractivity (Wildman–Crippen MR) is 109 cm³/mol. The van der Waals surface area contributed by atoms with Crippen LogP contribution in [-0.4, -0.2) is 23.1 Å².